The molecule has 0 saturated carbocycles. The summed E-state index contributed by atoms with van der Waals surface area (Å²) in [4.78, 5) is 38.6. The van der Waals surface area contributed by atoms with E-state index in [0.717, 1.165) is 11.8 Å². The summed E-state index contributed by atoms with van der Waals surface area (Å²) < 4.78 is 0. The number of carboxylic acids is 4. The molecular formula is C22H40N4O8. The second kappa shape index (κ2) is 14.2. The van der Waals surface area contributed by atoms with Crippen LogP contribution in [0.5, 0.6) is 0 Å². The number of carboxylic acid groups (broad SMARTS) is 4. The van der Waals surface area contributed by atoms with Gasteiger partial charge in [-0.2, -0.15) is 0 Å². The van der Waals surface area contributed by atoms with Crippen LogP contribution in [-0.4, -0.2) is 94.6 Å². The number of aliphatic carboxylic acids is 4. The lowest BCUT2D eigenvalue weighted by Crippen LogP contribution is -2.65. The van der Waals surface area contributed by atoms with Gasteiger partial charge in [-0.1, -0.05) is 13.8 Å². The van der Waals surface area contributed by atoms with Crippen LogP contribution in [-0.2, 0) is 19.2 Å². The molecule has 4 heterocycles. The van der Waals surface area contributed by atoms with Gasteiger partial charge in [0.25, 0.3) is 0 Å². The largest absolute Gasteiger partial charge is 0.481 e. The van der Waals surface area contributed by atoms with Crippen LogP contribution < -0.4 is 21.3 Å². The van der Waals surface area contributed by atoms with E-state index in [0.29, 0.717) is 11.1 Å². The van der Waals surface area contributed by atoms with Crippen molar-refractivity contribution < 1.29 is 39.6 Å². The molecule has 196 valence electrons. The minimum atomic E-state index is -1.08. The number of hydrogen-bond donors (Lipinski definition) is 8. The van der Waals surface area contributed by atoms with Crippen molar-refractivity contribution in [2.45, 2.75) is 63.5 Å². The van der Waals surface area contributed by atoms with Crippen molar-refractivity contribution in [2.75, 3.05) is 39.3 Å². The van der Waals surface area contributed by atoms with Gasteiger partial charge in [0.15, 0.2) is 0 Å². The zero-order chi connectivity index (χ0) is 25.8. The molecule has 8 N–H and O–H groups in total. The lowest BCUT2D eigenvalue weighted by molar-refractivity contribution is -0.143. The van der Waals surface area contributed by atoms with E-state index in [-0.39, 0.29) is 25.7 Å². The minimum absolute atomic E-state index is 0.296. The van der Waals surface area contributed by atoms with Crippen molar-refractivity contribution in [1.82, 2.24) is 21.3 Å². The summed E-state index contributed by atoms with van der Waals surface area (Å²) in [6.45, 7) is 11.9. The van der Waals surface area contributed by atoms with Crippen LogP contribution in [0.3, 0.4) is 0 Å². The molecule has 4 saturated heterocycles. The Morgan fingerprint density at radius 2 is 0.941 bits per heavy atom. The van der Waals surface area contributed by atoms with Crippen LogP contribution in [0.1, 0.15) is 52.4 Å². The molecule has 12 heteroatoms. The second-order valence-electron chi connectivity index (χ2n) is 9.30. The highest BCUT2D eigenvalue weighted by molar-refractivity contribution is 5.75. The number of nitrogens with one attached hydrogen (secondary N) is 4. The lowest BCUT2D eigenvalue weighted by atomic mass is 9.77. The first-order valence-electron chi connectivity index (χ1n) is 11.7. The van der Waals surface area contributed by atoms with Crippen LogP contribution in [0.2, 0.25) is 0 Å². The smallest absolute Gasteiger partial charge is 0.303 e. The van der Waals surface area contributed by atoms with Gasteiger partial charge in [0.05, 0.1) is 25.7 Å². The topological polar surface area (TPSA) is 197 Å². The third-order valence-corrected chi connectivity index (χ3v) is 6.89. The maximum atomic E-state index is 9.64. The predicted octanol–water partition coefficient (Wildman–Crippen LogP) is -0.213. The SMILES string of the molecule is C[C@H]1CN[C@]12CCNC2.C[C@H]1CN[C@]12CCNC2.O=C(O)CCC(=O)O.O=C(O)CCC(=O)O. The van der Waals surface area contributed by atoms with E-state index in [1.165, 1.54) is 52.1 Å². The van der Waals surface area contributed by atoms with Gasteiger partial charge in [-0.3, -0.25) is 19.2 Å². The van der Waals surface area contributed by atoms with Crippen molar-refractivity contribution in [3.8, 4) is 0 Å². The molecule has 34 heavy (non-hydrogen) atoms. The van der Waals surface area contributed by atoms with Crippen molar-refractivity contribution in [3.63, 3.8) is 0 Å². The Balaban J connectivity index is 0.000000228. The third-order valence-electron chi connectivity index (χ3n) is 6.89. The van der Waals surface area contributed by atoms with Crippen LogP contribution in [0.25, 0.3) is 0 Å². The average Bonchev–Trinajstić information content (AvgIpc) is 3.48. The number of hydrogen-bond acceptors (Lipinski definition) is 8. The normalized spacial score (nSPS) is 30.3. The van der Waals surface area contributed by atoms with E-state index in [1.54, 1.807) is 0 Å². The zero-order valence-corrected chi connectivity index (χ0v) is 20.1. The summed E-state index contributed by atoms with van der Waals surface area (Å²) >= 11 is 0. The number of carbonyl (C=O) groups is 4. The van der Waals surface area contributed by atoms with Crippen molar-refractivity contribution in [3.05, 3.63) is 0 Å². The average molecular weight is 489 g/mol. The molecule has 0 bridgehead atoms. The van der Waals surface area contributed by atoms with Crippen LogP contribution in [0.4, 0.5) is 0 Å². The van der Waals surface area contributed by atoms with E-state index in [4.69, 9.17) is 20.4 Å². The van der Waals surface area contributed by atoms with E-state index < -0.39 is 23.9 Å². The molecule has 4 atom stereocenters. The van der Waals surface area contributed by atoms with Crippen molar-refractivity contribution in [2.24, 2.45) is 11.8 Å². The fourth-order valence-corrected chi connectivity index (χ4v) is 4.18. The molecule has 4 rings (SSSR count). The quantitative estimate of drug-likeness (QED) is 0.245. The van der Waals surface area contributed by atoms with Gasteiger partial charge in [0, 0.05) is 37.3 Å². The fraction of sp³-hybridized carbons (Fsp3) is 0.818. The van der Waals surface area contributed by atoms with E-state index in [2.05, 4.69) is 35.1 Å². The van der Waals surface area contributed by atoms with E-state index in [1.807, 2.05) is 0 Å². The maximum Gasteiger partial charge on any atom is 0.303 e. The van der Waals surface area contributed by atoms with Gasteiger partial charge in [0.1, 0.15) is 0 Å². The monoisotopic (exact) mass is 488 g/mol. The molecule has 0 aromatic carbocycles. The van der Waals surface area contributed by atoms with Gasteiger partial charge in [0.2, 0.25) is 0 Å². The Labute approximate surface area is 199 Å². The molecule has 12 nitrogen and oxygen atoms in total. The van der Waals surface area contributed by atoms with E-state index >= 15 is 0 Å². The van der Waals surface area contributed by atoms with Crippen molar-refractivity contribution >= 4 is 23.9 Å². The van der Waals surface area contributed by atoms with Crippen molar-refractivity contribution in [1.29, 1.82) is 0 Å². The Kier molecular flexibility index (Phi) is 12.4. The number of rotatable bonds is 6. The highest BCUT2D eigenvalue weighted by Crippen LogP contribution is 2.31. The standard InChI is InChI=1S/2C7H14N2.2C4H6O4/c2*1-6-4-9-7(6)2-3-8-5-7;2*5-3(6)1-2-4(7)8/h2*6,8-9H,2-5H2,1H3;2*1-2H2,(H,5,6)(H,7,8)/t2*6-,7-;;/m00../s1. The highest BCUT2D eigenvalue weighted by atomic mass is 16.4. The molecule has 2 spiro atoms. The molecule has 0 aromatic rings. The Morgan fingerprint density at radius 1 is 0.647 bits per heavy atom. The molecule has 4 aliphatic heterocycles. The molecule has 4 fully saturated rings. The maximum absolute atomic E-state index is 9.64. The summed E-state index contributed by atoms with van der Waals surface area (Å²) in [6, 6.07) is 0. The van der Waals surface area contributed by atoms with Gasteiger partial charge in [-0.05, 0) is 37.8 Å². The molecular weight excluding hydrogens is 448 g/mol. The van der Waals surface area contributed by atoms with Crippen LogP contribution >= 0.6 is 0 Å². The van der Waals surface area contributed by atoms with Gasteiger partial charge in [-0.25, -0.2) is 0 Å². The second-order valence-corrected chi connectivity index (χ2v) is 9.30. The first kappa shape index (κ1) is 29.8. The molecule has 0 aromatic heterocycles. The Morgan fingerprint density at radius 3 is 1.03 bits per heavy atom. The van der Waals surface area contributed by atoms with Gasteiger partial charge >= 0.3 is 23.9 Å². The summed E-state index contributed by atoms with van der Waals surface area (Å²) in [5, 5.41) is 45.4. The lowest BCUT2D eigenvalue weighted by Gasteiger charge is -2.46. The molecule has 0 aliphatic carbocycles. The molecule has 0 radical (unpaired) electrons. The first-order chi connectivity index (χ1) is 15.9. The minimum Gasteiger partial charge on any atom is -0.481 e. The highest BCUT2D eigenvalue weighted by Gasteiger charge is 2.45. The zero-order valence-electron chi connectivity index (χ0n) is 20.1. The Bertz CT molecular complexity index is 604. The van der Waals surface area contributed by atoms with E-state index in [9.17, 15) is 19.2 Å². The molecule has 0 unspecified atom stereocenters. The van der Waals surface area contributed by atoms with Gasteiger partial charge < -0.3 is 41.7 Å². The molecule has 4 aliphatic rings. The summed E-state index contributed by atoms with van der Waals surface area (Å²) in [7, 11) is 0. The fourth-order valence-electron chi connectivity index (χ4n) is 4.18. The van der Waals surface area contributed by atoms with Crippen LogP contribution in [0.15, 0.2) is 0 Å². The summed E-state index contributed by atoms with van der Waals surface area (Å²) in [5.41, 5.74) is 1.03. The third kappa shape index (κ3) is 9.92. The van der Waals surface area contributed by atoms with Crippen LogP contribution in [0, 0.1) is 11.8 Å². The summed E-state index contributed by atoms with van der Waals surface area (Å²) in [6.07, 6.45) is 1.47. The Hall–Kier alpha value is -2.28. The summed E-state index contributed by atoms with van der Waals surface area (Å²) in [5.74, 6) is -2.51. The molecule has 0 amide bonds. The van der Waals surface area contributed by atoms with Gasteiger partial charge in [-0.15, -0.1) is 0 Å². The predicted molar refractivity (Wildman–Crippen MR) is 124 cm³/mol. The first-order valence-corrected chi connectivity index (χ1v) is 11.7.